The molecule has 0 amide bonds. The van der Waals surface area contributed by atoms with Crippen molar-refractivity contribution in [2.24, 2.45) is 5.92 Å². The van der Waals surface area contributed by atoms with Gasteiger partial charge >= 0.3 is 0 Å². The van der Waals surface area contributed by atoms with Gasteiger partial charge in [-0.15, -0.1) is 11.3 Å². The Kier molecular flexibility index (Phi) is 19.0. The summed E-state index contributed by atoms with van der Waals surface area (Å²) >= 11 is 1.93. The van der Waals surface area contributed by atoms with E-state index in [1.165, 1.54) is 135 Å². The van der Waals surface area contributed by atoms with E-state index in [0.29, 0.717) is 0 Å². The Balaban J connectivity index is 2.14. The molecule has 1 atom stereocenters. The van der Waals surface area contributed by atoms with Crippen LogP contribution in [0.15, 0.2) is 11.4 Å². The number of rotatable bonds is 22. The fourth-order valence-electron chi connectivity index (χ4n) is 4.77. The molecule has 1 heterocycles. The fraction of sp³-hybridized carbons (Fsp3) is 0.862. The number of unbranched alkanes of at least 4 members (excludes halogenated alkanes) is 16. The van der Waals surface area contributed by atoms with E-state index in [-0.39, 0.29) is 0 Å². The van der Waals surface area contributed by atoms with Crippen LogP contribution >= 0.6 is 11.3 Å². The molecule has 0 fully saturated rings. The number of thiophene rings is 1. The lowest BCUT2D eigenvalue weighted by atomic mass is 9.89. The number of hydrogen-bond donors (Lipinski definition) is 0. The quantitative estimate of drug-likeness (QED) is 0.159. The van der Waals surface area contributed by atoms with Crippen LogP contribution in [0.5, 0.6) is 0 Å². The highest BCUT2D eigenvalue weighted by atomic mass is 32.1. The van der Waals surface area contributed by atoms with Gasteiger partial charge in [-0.05, 0) is 36.3 Å². The minimum Gasteiger partial charge on any atom is -0.149 e. The van der Waals surface area contributed by atoms with Gasteiger partial charge in [0.15, 0.2) is 0 Å². The average Bonchev–Trinajstić information content (AvgIpc) is 3.15. The zero-order valence-electron chi connectivity index (χ0n) is 21.0. The largest absolute Gasteiger partial charge is 0.149 e. The minimum atomic E-state index is 0.924. The summed E-state index contributed by atoms with van der Waals surface area (Å²) in [4.78, 5) is 1.55. The summed E-state index contributed by atoms with van der Waals surface area (Å²) < 4.78 is 0. The van der Waals surface area contributed by atoms with Crippen LogP contribution in [0.2, 0.25) is 0 Å². The number of hydrogen-bond acceptors (Lipinski definition) is 1. The molecule has 0 bridgehead atoms. The summed E-state index contributed by atoms with van der Waals surface area (Å²) in [7, 11) is 0. The maximum absolute atomic E-state index is 2.39. The molecule has 176 valence electrons. The molecule has 0 spiro atoms. The van der Waals surface area contributed by atoms with E-state index in [9.17, 15) is 0 Å². The second-order valence-electron chi connectivity index (χ2n) is 9.81. The monoisotopic (exact) mass is 434 g/mol. The third kappa shape index (κ3) is 15.5. The summed E-state index contributed by atoms with van der Waals surface area (Å²) in [5.41, 5.74) is 1.64. The van der Waals surface area contributed by atoms with E-state index in [0.717, 1.165) is 5.92 Å². The lowest BCUT2D eigenvalue weighted by molar-refractivity contribution is 0.399. The predicted molar refractivity (Wildman–Crippen MR) is 140 cm³/mol. The zero-order valence-corrected chi connectivity index (χ0v) is 21.8. The van der Waals surface area contributed by atoms with E-state index in [1.54, 1.807) is 10.4 Å². The second-order valence-corrected chi connectivity index (χ2v) is 10.9. The lowest BCUT2D eigenvalue weighted by Gasteiger charge is -2.17. The number of aryl methyl sites for hydroxylation is 1. The molecule has 0 aliphatic heterocycles. The van der Waals surface area contributed by atoms with Crippen LogP contribution in [0.4, 0.5) is 0 Å². The van der Waals surface area contributed by atoms with Gasteiger partial charge in [-0.3, -0.25) is 0 Å². The van der Waals surface area contributed by atoms with Crippen LogP contribution in [-0.4, -0.2) is 0 Å². The Morgan fingerprint density at radius 1 is 0.600 bits per heavy atom. The smallest absolute Gasteiger partial charge is 0.00462 e. The van der Waals surface area contributed by atoms with Crippen LogP contribution in [0.3, 0.4) is 0 Å². The Morgan fingerprint density at radius 2 is 1.00 bits per heavy atom. The van der Waals surface area contributed by atoms with Crippen molar-refractivity contribution in [3.05, 3.63) is 21.9 Å². The van der Waals surface area contributed by atoms with E-state index < -0.39 is 0 Å². The van der Waals surface area contributed by atoms with Crippen LogP contribution in [-0.2, 0) is 6.42 Å². The fourth-order valence-corrected chi connectivity index (χ4v) is 5.51. The SMILES string of the molecule is CCCCCCCCCCCCC(CCCCCCCCCC)Cc1ccsc1C. The van der Waals surface area contributed by atoms with Crippen LogP contribution in [0.1, 0.15) is 153 Å². The average molecular weight is 435 g/mol. The standard InChI is InChI=1S/C29H54S/c1-4-6-8-10-12-14-15-17-19-21-23-28(26-29-24-25-30-27(29)3)22-20-18-16-13-11-9-7-5-2/h24-25,28H,4-23,26H2,1-3H3. The third-order valence-corrected chi connectivity index (χ3v) is 7.79. The van der Waals surface area contributed by atoms with Gasteiger partial charge in [-0.1, -0.05) is 142 Å². The van der Waals surface area contributed by atoms with Crippen molar-refractivity contribution in [2.45, 2.75) is 156 Å². The normalized spacial score (nSPS) is 12.5. The van der Waals surface area contributed by atoms with Gasteiger partial charge in [0.2, 0.25) is 0 Å². The molecule has 0 saturated heterocycles. The first-order chi connectivity index (χ1) is 14.8. The Hall–Kier alpha value is -0.300. The molecule has 0 aromatic carbocycles. The van der Waals surface area contributed by atoms with Crippen LogP contribution < -0.4 is 0 Å². The highest BCUT2D eigenvalue weighted by Crippen LogP contribution is 2.26. The van der Waals surface area contributed by atoms with Gasteiger partial charge < -0.3 is 0 Å². The topological polar surface area (TPSA) is 0 Å². The molecular formula is C29H54S. The highest BCUT2D eigenvalue weighted by molar-refractivity contribution is 7.10. The van der Waals surface area contributed by atoms with Crippen LogP contribution in [0.25, 0.3) is 0 Å². The van der Waals surface area contributed by atoms with Crippen molar-refractivity contribution in [1.82, 2.24) is 0 Å². The molecule has 0 nitrogen and oxygen atoms in total. The zero-order chi connectivity index (χ0) is 21.7. The maximum Gasteiger partial charge on any atom is 0.00462 e. The van der Waals surface area contributed by atoms with Crippen molar-refractivity contribution < 1.29 is 0 Å². The summed E-state index contributed by atoms with van der Waals surface area (Å²) in [6.45, 7) is 6.93. The molecular weight excluding hydrogens is 380 g/mol. The third-order valence-electron chi connectivity index (χ3n) is 6.91. The van der Waals surface area contributed by atoms with Gasteiger partial charge in [0.1, 0.15) is 0 Å². The molecule has 0 saturated carbocycles. The summed E-state index contributed by atoms with van der Waals surface area (Å²) in [6, 6.07) is 2.39. The van der Waals surface area contributed by atoms with E-state index in [2.05, 4.69) is 32.2 Å². The van der Waals surface area contributed by atoms with Crippen molar-refractivity contribution in [3.63, 3.8) is 0 Å². The molecule has 1 heteroatoms. The highest BCUT2D eigenvalue weighted by Gasteiger charge is 2.12. The van der Waals surface area contributed by atoms with Gasteiger partial charge in [0, 0.05) is 4.88 Å². The molecule has 1 rings (SSSR count). The molecule has 0 aliphatic carbocycles. The van der Waals surface area contributed by atoms with Crippen molar-refractivity contribution in [2.75, 3.05) is 0 Å². The second kappa shape index (κ2) is 20.6. The Bertz CT molecular complexity index is 461. The molecule has 30 heavy (non-hydrogen) atoms. The van der Waals surface area contributed by atoms with Gasteiger partial charge in [0.05, 0.1) is 0 Å². The molecule has 1 aromatic heterocycles. The van der Waals surface area contributed by atoms with E-state index >= 15 is 0 Å². The molecule has 1 aromatic rings. The van der Waals surface area contributed by atoms with Gasteiger partial charge in [-0.2, -0.15) is 0 Å². The first-order valence-corrected chi connectivity index (χ1v) is 14.7. The minimum absolute atomic E-state index is 0.924. The van der Waals surface area contributed by atoms with E-state index in [1.807, 2.05) is 11.3 Å². The van der Waals surface area contributed by atoms with Gasteiger partial charge in [-0.25, -0.2) is 0 Å². The van der Waals surface area contributed by atoms with Crippen molar-refractivity contribution in [1.29, 1.82) is 0 Å². The summed E-state index contributed by atoms with van der Waals surface area (Å²) in [6.07, 6.45) is 30.3. The Morgan fingerprint density at radius 3 is 1.37 bits per heavy atom. The summed E-state index contributed by atoms with van der Waals surface area (Å²) in [5.74, 6) is 0.924. The van der Waals surface area contributed by atoms with Gasteiger partial charge in [0.25, 0.3) is 0 Å². The van der Waals surface area contributed by atoms with Crippen LogP contribution in [0, 0.1) is 12.8 Å². The predicted octanol–water partition coefficient (Wildman–Crippen LogP) is 11.1. The molecule has 0 N–H and O–H groups in total. The maximum atomic E-state index is 2.39. The van der Waals surface area contributed by atoms with Crippen molar-refractivity contribution >= 4 is 11.3 Å². The first kappa shape index (κ1) is 27.7. The molecule has 0 radical (unpaired) electrons. The Labute approximate surface area is 194 Å². The first-order valence-electron chi connectivity index (χ1n) is 13.8. The molecule has 0 aliphatic rings. The van der Waals surface area contributed by atoms with Crippen molar-refractivity contribution in [3.8, 4) is 0 Å². The lowest BCUT2D eigenvalue weighted by Crippen LogP contribution is -2.05. The summed E-state index contributed by atoms with van der Waals surface area (Å²) in [5, 5.41) is 2.29. The molecule has 1 unspecified atom stereocenters. The van der Waals surface area contributed by atoms with E-state index in [4.69, 9.17) is 0 Å².